The van der Waals surface area contributed by atoms with Crippen LogP contribution >= 0.6 is 27.5 Å². The van der Waals surface area contributed by atoms with Crippen LogP contribution in [0.4, 0.5) is 14.5 Å². The molecule has 0 saturated heterocycles. The van der Waals surface area contributed by atoms with Gasteiger partial charge >= 0.3 is 0 Å². The summed E-state index contributed by atoms with van der Waals surface area (Å²) in [4.78, 5) is 0. The van der Waals surface area contributed by atoms with Gasteiger partial charge in [-0.3, -0.25) is 0 Å². The van der Waals surface area contributed by atoms with Gasteiger partial charge in [0.1, 0.15) is 11.5 Å². The Morgan fingerprint density at radius 2 is 1.84 bits per heavy atom. The molecule has 2 aromatic carbocycles. The first-order valence-corrected chi connectivity index (χ1v) is 6.45. The number of nitrogens with two attached hydrogens (primary N) is 1. The molecule has 2 rings (SSSR count). The average Bonchev–Trinajstić information content (AvgIpc) is 2.35. The number of alkyl halides is 2. The third-order valence-corrected chi connectivity index (χ3v) is 3.19. The summed E-state index contributed by atoms with van der Waals surface area (Å²) >= 11 is 9.21. The van der Waals surface area contributed by atoms with E-state index in [1.165, 1.54) is 18.2 Å². The standard InChI is InChI=1S/C13H9BrClF2NO/c14-7-1-3-10(15)12(5-7)19-11-4-2-8(18)6-9(11)13(16)17/h1-6,13H,18H2. The minimum Gasteiger partial charge on any atom is -0.455 e. The third kappa shape index (κ3) is 3.36. The van der Waals surface area contributed by atoms with Gasteiger partial charge in [0.05, 0.1) is 10.6 Å². The zero-order chi connectivity index (χ0) is 14.0. The van der Waals surface area contributed by atoms with Crippen molar-refractivity contribution in [2.75, 3.05) is 5.73 Å². The predicted molar refractivity (Wildman–Crippen MR) is 75.0 cm³/mol. The highest BCUT2D eigenvalue weighted by Gasteiger charge is 2.16. The summed E-state index contributed by atoms with van der Waals surface area (Å²) < 4.78 is 32.0. The SMILES string of the molecule is Nc1ccc(Oc2cc(Br)ccc2Cl)c(C(F)F)c1. The highest BCUT2D eigenvalue weighted by molar-refractivity contribution is 9.10. The van der Waals surface area contributed by atoms with Crippen LogP contribution in [0, 0.1) is 0 Å². The van der Waals surface area contributed by atoms with Gasteiger partial charge in [0.25, 0.3) is 6.43 Å². The second-order valence-corrected chi connectivity index (χ2v) is 5.10. The zero-order valence-electron chi connectivity index (χ0n) is 9.54. The molecule has 0 aliphatic carbocycles. The van der Waals surface area contributed by atoms with E-state index in [9.17, 15) is 8.78 Å². The maximum atomic E-state index is 12.9. The summed E-state index contributed by atoms with van der Waals surface area (Å²) in [6, 6.07) is 9.02. The van der Waals surface area contributed by atoms with Crippen LogP contribution in [0.2, 0.25) is 5.02 Å². The molecule has 0 aliphatic heterocycles. The van der Waals surface area contributed by atoms with Crippen molar-refractivity contribution in [3.05, 3.63) is 51.5 Å². The lowest BCUT2D eigenvalue weighted by molar-refractivity contribution is 0.148. The van der Waals surface area contributed by atoms with Crippen molar-refractivity contribution >= 4 is 33.2 Å². The molecule has 0 amide bonds. The lowest BCUT2D eigenvalue weighted by Crippen LogP contribution is -1.95. The quantitative estimate of drug-likeness (QED) is 0.752. The molecule has 2 N–H and O–H groups in total. The second kappa shape index (κ2) is 5.75. The summed E-state index contributed by atoms with van der Waals surface area (Å²) in [5.74, 6) is 0.326. The average molecular weight is 349 g/mol. The van der Waals surface area contributed by atoms with Crippen LogP contribution in [0.5, 0.6) is 11.5 Å². The van der Waals surface area contributed by atoms with Gasteiger partial charge in [0.2, 0.25) is 0 Å². The Labute approximate surface area is 122 Å². The fourth-order valence-electron chi connectivity index (χ4n) is 1.50. The van der Waals surface area contributed by atoms with Gasteiger partial charge in [-0.1, -0.05) is 27.5 Å². The monoisotopic (exact) mass is 347 g/mol. The summed E-state index contributed by atoms with van der Waals surface area (Å²) in [6.07, 6.45) is -2.68. The Morgan fingerprint density at radius 1 is 1.11 bits per heavy atom. The van der Waals surface area contributed by atoms with Crippen molar-refractivity contribution in [1.82, 2.24) is 0 Å². The van der Waals surface area contributed by atoms with Gasteiger partial charge in [-0.05, 0) is 36.4 Å². The topological polar surface area (TPSA) is 35.2 Å². The van der Waals surface area contributed by atoms with E-state index in [1.54, 1.807) is 18.2 Å². The maximum absolute atomic E-state index is 12.9. The number of ether oxygens (including phenoxy) is 1. The Hall–Kier alpha value is -1.33. The smallest absolute Gasteiger partial charge is 0.267 e. The molecule has 2 nitrogen and oxygen atoms in total. The van der Waals surface area contributed by atoms with E-state index in [4.69, 9.17) is 22.1 Å². The molecular weight excluding hydrogens is 340 g/mol. The van der Waals surface area contributed by atoms with Crippen LogP contribution in [0.1, 0.15) is 12.0 Å². The van der Waals surface area contributed by atoms with Crippen LogP contribution in [0.15, 0.2) is 40.9 Å². The minimum absolute atomic E-state index is 0.0317. The summed E-state index contributed by atoms with van der Waals surface area (Å²) in [7, 11) is 0. The highest BCUT2D eigenvalue weighted by Crippen LogP contribution is 2.37. The molecule has 2 aromatic rings. The number of hydrogen-bond donors (Lipinski definition) is 1. The van der Waals surface area contributed by atoms with Gasteiger partial charge in [0, 0.05) is 10.2 Å². The molecule has 0 atom stereocenters. The molecule has 0 saturated carbocycles. The fraction of sp³-hybridized carbons (Fsp3) is 0.0769. The molecule has 100 valence electrons. The molecule has 19 heavy (non-hydrogen) atoms. The van der Waals surface area contributed by atoms with Gasteiger partial charge in [-0.2, -0.15) is 0 Å². The van der Waals surface area contributed by atoms with Gasteiger partial charge in [-0.15, -0.1) is 0 Å². The lowest BCUT2D eigenvalue weighted by Gasteiger charge is -2.12. The number of rotatable bonds is 3. The third-order valence-electron chi connectivity index (χ3n) is 2.38. The summed E-state index contributed by atoms with van der Waals surface area (Å²) in [5.41, 5.74) is 5.48. The van der Waals surface area contributed by atoms with Crippen LogP contribution in [0.3, 0.4) is 0 Å². The molecule has 0 unspecified atom stereocenters. The zero-order valence-corrected chi connectivity index (χ0v) is 11.9. The first kappa shape index (κ1) is 14.1. The summed E-state index contributed by atoms with van der Waals surface area (Å²) in [5, 5.41) is 0.334. The van der Waals surface area contributed by atoms with Crippen molar-refractivity contribution < 1.29 is 13.5 Å². The van der Waals surface area contributed by atoms with Gasteiger partial charge < -0.3 is 10.5 Å². The normalized spacial score (nSPS) is 10.8. The number of hydrogen-bond acceptors (Lipinski definition) is 2. The van der Waals surface area contributed by atoms with Gasteiger partial charge in [-0.25, -0.2) is 8.78 Å². The van der Waals surface area contributed by atoms with Crippen LogP contribution in [-0.4, -0.2) is 0 Å². The van der Waals surface area contributed by atoms with Gasteiger partial charge in [0.15, 0.2) is 0 Å². The van der Waals surface area contributed by atoms with Crippen molar-refractivity contribution in [3.8, 4) is 11.5 Å². The Bertz CT molecular complexity index is 607. The minimum atomic E-state index is -2.68. The van der Waals surface area contributed by atoms with E-state index >= 15 is 0 Å². The van der Waals surface area contributed by atoms with Crippen LogP contribution in [0.25, 0.3) is 0 Å². The van der Waals surface area contributed by atoms with Crippen molar-refractivity contribution in [3.63, 3.8) is 0 Å². The molecule has 0 aliphatic rings. The van der Waals surface area contributed by atoms with E-state index in [2.05, 4.69) is 15.9 Å². The first-order valence-electron chi connectivity index (χ1n) is 5.28. The van der Waals surface area contributed by atoms with E-state index in [0.29, 0.717) is 10.8 Å². The van der Waals surface area contributed by atoms with Crippen LogP contribution in [-0.2, 0) is 0 Å². The largest absolute Gasteiger partial charge is 0.455 e. The first-order chi connectivity index (χ1) is 8.97. The molecule has 6 heteroatoms. The second-order valence-electron chi connectivity index (χ2n) is 3.77. The number of benzene rings is 2. The van der Waals surface area contributed by atoms with Crippen molar-refractivity contribution in [1.29, 1.82) is 0 Å². The van der Waals surface area contributed by atoms with Crippen molar-refractivity contribution in [2.24, 2.45) is 0 Å². The lowest BCUT2D eigenvalue weighted by atomic mass is 10.2. The fourth-order valence-corrected chi connectivity index (χ4v) is 2.00. The molecule has 0 spiro atoms. The van der Waals surface area contributed by atoms with Crippen LogP contribution < -0.4 is 10.5 Å². The van der Waals surface area contributed by atoms with E-state index in [1.807, 2.05) is 0 Å². The maximum Gasteiger partial charge on any atom is 0.267 e. The van der Waals surface area contributed by atoms with Crippen molar-refractivity contribution in [2.45, 2.75) is 6.43 Å². The molecule has 0 aromatic heterocycles. The number of nitrogen functional groups attached to an aromatic ring is 1. The van der Waals surface area contributed by atoms with E-state index in [0.717, 1.165) is 4.47 Å². The Kier molecular flexibility index (Phi) is 4.27. The molecule has 0 heterocycles. The summed E-state index contributed by atoms with van der Waals surface area (Å²) in [6.45, 7) is 0. The Balaban J connectivity index is 2.40. The molecule has 0 fully saturated rings. The molecule has 0 radical (unpaired) electrons. The van der Waals surface area contributed by atoms with E-state index < -0.39 is 6.43 Å². The van der Waals surface area contributed by atoms with E-state index in [-0.39, 0.29) is 17.0 Å². The molecular formula is C13H9BrClF2NO. The molecule has 0 bridgehead atoms. The highest BCUT2D eigenvalue weighted by atomic mass is 79.9. The Morgan fingerprint density at radius 3 is 2.53 bits per heavy atom. The predicted octanol–water partition coefficient (Wildman–Crippen LogP) is 5.41. The number of anilines is 1. The number of halogens is 4.